The Morgan fingerprint density at radius 2 is 2.30 bits per heavy atom. The molecule has 0 spiro atoms. The molecule has 0 aliphatic carbocycles. The van der Waals surface area contributed by atoms with Gasteiger partial charge in [-0.25, -0.2) is 0 Å². The summed E-state index contributed by atoms with van der Waals surface area (Å²) >= 11 is 0. The third-order valence-electron chi connectivity index (χ3n) is 4.14. The second-order valence-corrected chi connectivity index (χ2v) is 5.91. The Bertz CT molecular complexity index is 649. The molecular weight excluding hydrogens is 294 g/mol. The predicted octanol–water partition coefficient (Wildman–Crippen LogP) is 0.566. The topological polar surface area (TPSA) is 86.4 Å². The van der Waals surface area contributed by atoms with Crippen molar-refractivity contribution in [2.75, 3.05) is 26.3 Å². The number of carbonyl (C=O) groups excluding carboxylic acids is 1. The largest absolute Gasteiger partial charge is 0.394 e. The second-order valence-electron chi connectivity index (χ2n) is 5.91. The van der Waals surface area contributed by atoms with Gasteiger partial charge in [-0.15, -0.1) is 0 Å². The first-order valence-corrected chi connectivity index (χ1v) is 8.04. The highest BCUT2D eigenvalue weighted by molar-refractivity contribution is 5.83. The van der Waals surface area contributed by atoms with Crippen LogP contribution in [0.1, 0.15) is 12.0 Å². The van der Waals surface area contributed by atoms with Gasteiger partial charge in [0.1, 0.15) is 0 Å². The molecule has 0 bridgehead atoms. The molecule has 2 unspecified atom stereocenters. The number of carbonyl (C=O) groups is 1. The number of fused-ring (bicyclic) bond motifs is 1. The van der Waals surface area contributed by atoms with E-state index in [0.717, 1.165) is 23.0 Å². The predicted molar refractivity (Wildman–Crippen MR) is 88.2 cm³/mol. The van der Waals surface area contributed by atoms with Crippen molar-refractivity contribution in [2.24, 2.45) is 0 Å². The van der Waals surface area contributed by atoms with E-state index in [4.69, 9.17) is 4.74 Å². The van der Waals surface area contributed by atoms with Gasteiger partial charge in [0.15, 0.2) is 0 Å². The van der Waals surface area contributed by atoms with Crippen LogP contribution in [-0.2, 0) is 16.0 Å². The van der Waals surface area contributed by atoms with Gasteiger partial charge in [0.25, 0.3) is 0 Å². The van der Waals surface area contributed by atoms with Crippen LogP contribution in [0, 0.1) is 0 Å². The number of rotatable bonds is 6. The SMILES string of the molecule is O=C(CC1CNCCO1)NC(CO)Cc1c[nH]c2ccccc12. The number of aromatic amines is 1. The number of hydrogen-bond acceptors (Lipinski definition) is 4. The molecule has 1 aliphatic rings. The molecule has 0 radical (unpaired) electrons. The lowest BCUT2D eigenvalue weighted by atomic mass is 10.0. The van der Waals surface area contributed by atoms with Gasteiger partial charge in [0, 0.05) is 30.2 Å². The second kappa shape index (κ2) is 7.59. The summed E-state index contributed by atoms with van der Waals surface area (Å²) in [4.78, 5) is 15.3. The maximum Gasteiger partial charge on any atom is 0.222 e. The summed E-state index contributed by atoms with van der Waals surface area (Å²) in [5, 5.41) is 16.8. The van der Waals surface area contributed by atoms with Gasteiger partial charge in [-0.05, 0) is 18.1 Å². The molecule has 2 heterocycles. The third-order valence-corrected chi connectivity index (χ3v) is 4.14. The number of ether oxygens (including phenoxy) is 1. The molecule has 1 aliphatic heterocycles. The summed E-state index contributed by atoms with van der Waals surface area (Å²) in [6.07, 6.45) is 2.76. The lowest BCUT2D eigenvalue weighted by molar-refractivity contribution is -0.125. The molecule has 1 saturated heterocycles. The van der Waals surface area contributed by atoms with Crippen LogP contribution < -0.4 is 10.6 Å². The van der Waals surface area contributed by atoms with Gasteiger partial charge < -0.3 is 25.5 Å². The average molecular weight is 317 g/mol. The number of aromatic nitrogens is 1. The Balaban J connectivity index is 1.58. The number of nitrogens with one attached hydrogen (secondary N) is 3. The number of aliphatic hydroxyl groups is 1. The minimum absolute atomic E-state index is 0.0856. The van der Waals surface area contributed by atoms with E-state index in [1.165, 1.54) is 0 Å². The smallest absolute Gasteiger partial charge is 0.222 e. The minimum Gasteiger partial charge on any atom is -0.394 e. The molecule has 3 rings (SSSR count). The Kier molecular flexibility index (Phi) is 5.27. The van der Waals surface area contributed by atoms with E-state index in [1.54, 1.807) is 0 Å². The maximum absolute atomic E-state index is 12.1. The summed E-state index contributed by atoms with van der Waals surface area (Å²) < 4.78 is 5.54. The fourth-order valence-electron chi connectivity index (χ4n) is 2.97. The van der Waals surface area contributed by atoms with Crippen LogP contribution in [-0.4, -0.2) is 54.4 Å². The fraction of sp³-hybridized carbons (Fsp3) is 0.471. The van der Waals surface area contributed by atoms with Gasteiger partial charge in [0.05, 0.1) is 31.8 Å². The first-order chi connectivity index (χ1) is 11.3. The number of hydrogen-bond donors (Lipinski definition) is 4. The van der Waals surface area contributed by atoms with Gasteiger partial charge >= 0.3 is 0 Å². The van der Waals surface area contributed by atoms with Crippen molar-refractivity contribution in [2.45, 2.75) is 25.0 Å². The first kappa shape index (κ1) is 16.0. The zero-order valence-electron chi connectivity index (χ0n) is 13.0. The van der Waals surface area contributed by atoms with Crippen molar-refractivity contribution in [1.29, 1.82) is 0 Å². The quantitative estimate of drug-likeness (QED) is 0.627. The number of para-hydroxylation sites is 1. The van der Waals surface area contributed by atoms with Crippen LogP contribution in [0.15, 0.2) is 30.5 Å². The van der Waals surface area contributed by atoms with Crippen LogP contribution in [0.2, 0.25) is 0 Å². The van der Waals surface area contributed by atoms with E-state index in [9.17, 15) is 9.90 Å². The number of benzene rings is 1. The van der Waals surface area contributed by atoms with Crippen LogP contribution in [0.4, 0.5) is 0 Å². The highest BCUT2D eigenvalue weighted by Gasteiger charge is 2.20. The van der Waals surface area contributed by atoms with Gasteiger partial charge in [0.2, 0.25) is 5.91 Å². The Labute approximate surface area is 135 Å². The Morgan fingerprint density at radius 1 is 1.43 bits per heavy atom. The lowest BCUT2D eigenvalue weighted by Crippen LogP contribution is -2.44. The molecule has 2 atom stereocenters. The van der Waals surface area contributed by atoms with Crippen LogP contribution >= 0.6 is 0 Å². The van der Waals surface area contributed by atoms with E-state index in [0.29, 0.717) is 26.0 Å². The zero-order chi connectivity index (χ0) is 16.1. The molecule has 124 valence electrons. The molecule has 6 nitrogen and oxygen atoms in total. The van der Waals surface area contributed by atoms with Crippen molar-refractivity contribution in [3.63, 3.8) is 0 Å². The molecule has 2 aromatic rings. The van der Waals surface area contributed by atoms with Gasteiger partial charge in [-0.2, -0.15) is 0 Å². The fourth-order valence-corrected chi connectivity index (χ4v) is 2.97. The van der Waals surface area contributed by atoms with E-state index in [-0.39, 0.29) is 24.7 Å². The molecule has 4 N–H and O–H groups in total. The molecule has 1 fully saturated rings. The molecule has 0 saturated carbocycles. The van der Waals surface area contributed by atoms with Crippen LogP contribution in [0.3, 0.4) is 0 Å². The lowest BCUT2D eigenvalue weighted by Gasteiger charge is -2.24. The number of morpholine rings is 1. The van der Waals surface area contributed by atoms with Crippen molar-refractivity contribution in [3.05, 3.63) is 36.0 Å². The highest BCUT2D eigenvalue weighted by Crippen LogP contribution is 2.19. The van der Waals surface area contributed by atoms with Crippen molar-refractivity contribution >= 4 is 16.8 Å². The summed E-state index contributed by atoms with van der Waals surface area (Å²) in [7, 11) is 0. The van der Waals surface area contributed by atoms with Crippen molar-refractivity contribution in [1.82, 2.24) is 15.6 Å². The van der Waals surface area contributed by atoms with Crippen LogP contribution in [0.5, 0.6) is 0 Å². The summed E-state index contributed by atoms with van der Waals surface area (Å²) in [5.41, 5.74) is 2.16. The molecule has 23 heavy (non-hydrogen) atoms. The van der Waals surface area contributed by atoms with Crippen molar-refractivity contribution in [3.8, 4) is 0 Å². The molecule has 6 heteroatoms. The standard InChI is InChI=1S/C17H23N3O3/c21-11-13(20-17(22)8-14-10-18-5-6-23-14)7-12-9-19-16-4-2-1-3-15(12)16/h1-4,9,13-14,18-19,21H,5-8,10-11H2,(H,20,22). The molecule has 1 amide bonds. The van der Waals surface area contributed by atoms with E-state index in [2.05, 4.69) is 15.6 Å². The third kappa shape index (κ3) is 4.10. The zero-order valence-corrected chi connectivity index (χ0v) is 13.0. The average Bonchev–Trinajstić information content (AvgIpc) is 2.98. The number of aliphatic hydroxyl groups excluding tert-OH is 1. The number of H-pyrrole nitrogens is 1. The highest BCUT2D eigenvalue weighted by atomic mass is 16.5. The molecule has 1 aromatic heterocycles. The van der Waals surface area contributed by atoms with Crippen molar-refractivity contribution < 1.29 is 14.6 Å². The van der Waals surface area contributed by atoms with Gasteiger partial charge in [-0.3, -0.25) is 4.79 Å². The maximum atomic E-state index is 12.1. The summed E-state index contributed by atoms with van der Waals surface area (Å²) in [5.74, 6) is -0.0856. The Hall–Kier alpha value is -1.89. The molecular formula is C17H23N3O3. The minimum atomic E-state index is -0.293. The normalized spacial score (nSPS) is 19.6. The first-order valence-electron chi connectivity index (χ1n) is 8.04. The molecule has 1 aromatic carbocycles. The summed E-state index contributed by atoms with van der Waals surface area (Å²) in [6.45, 7) is 2.07. The van der Waals surface area contributed by atoms with E-state index in [1.807, 2.05) is 30.5 Å². The van der Waals surface area contributed by atoms with Gasteiger partial charge in [-0.1, -0.05) is 18.2 Å². The van der Waals surface area contributed by atoms with E-state index >= 15 is 0 Å². The van der Waals surface area contributed by atoms with E-state index < -0.39 is 0 Å². The Morgan fingerprint density at radius 3 is 3.09 bits per heavy atom. The number of amides is 1. The summed E-state index contributed by atoms with van der Waals surface area (Å²) in [6, 6.07) is 7.72. The monoisotopic (exact) mass is 317 g/mol. The van der Waals surface area contributed by atoms with Crippen LogP contribution in [0.25, 0.3) is 10.9 Å².